The van der Waals surface area contributed by atoms with E-state index in [1.807, 2.05) is 30.0 Å². The quantitative estimate of drug-likeness (QED) is 0.264. The SMILES string of the molecule is CCOc1cc(C=C2SC(=NC3CCCCC3)N(C3CCCCC3)C2=O)cc(Br)c1OCC(=O)OC. The minimum atomic E-state index is -0.476. The summed E-state index contributed by atoms with van der Waals surface area (Å²) in [6.45, 7) is 2.10. The molecule has 9 heteroatoms. The Morgan fingerprint density at radius 3 is 2.47 bits per heavy atom. The van der Waals surface area contributed by atoms with Crippen LogP contribution in [0.1, 0.15) is 76.7 Å². The number of nitrogens with zero attached hydrogens (tertiary/aromatic N) is 2. The predicted molar refractivity (Wildman–Crippen MR) is 146 cm³/mol. The number of hydrogen-bond donors (Lipinski definition) is 0. The lowest BCUT2D eigenvalue weighted by molar-refractivity contribution is -0.143. The topological polar surface area (TPSA) is 77.4 Å². The van der Waals surface area contributed by atoms with Crippen LogP contribution in [0.15, 0.2) is 26.5 Å². The molecule has 1 heterocycles. The number of esters is 1. The maximum Gasteiger partial charge on any atom is 0.343 e. The summed E-state index contributed by atoms with van der Waals surface area (Å²) in [4.78, 5) is 33.0. The van der Waals surface area contributed by atoms with Gasteiger partial charge in [0.2, 0.25) is 0 Å². The van der Waals surface area contributed by atoms with Crippen molar-refractivity contribution >= 4 is 50.8 Å². The highest BCUT2D eigenvalue weighted by atomic mass is 79.9. The predicted octanol–water partition coefficient (Wildman–Crippen LogP) is 6.34. The van der Waals surface area contributed by atoms with Crippen molar-refractivity contribution < 1.29 is 23.8 Å². The Morgan fingerprint density at radius 1 is 1.11 bits per heavy atom. The van der Waals surface area contributed by atoms with Gasteiger partial charge in [0.15, 0.2) is 23.3 Å². The van der Waals surface area contributed by atoms with Gasteiger partial charge in [-0.1, -0.05) is 38.5 Å². The van der Waals surface area contributed by atoms with Gasteiger partial charge in [-0.2, -0.15) is 0 Å². The van der Waals surface area contributed by atoms with Gasteiger partial charge >= 0.3 is 5.97 Å². The first kappa shape index (κ1) is 27.0. The fraction of sp³-hybridized carbons (Fsp3) is 0.593. The number of carbonyl (C=O) groups excluding carboxylic acids is 2. The standard InChI is InChI=1S/C27H35BrN2O5S/c1-3-34-22-15-18(14-21(28)25(22)35-17-24(31)33-2)16-23-26(32)30(20-12-8-5-9-13-20)27(36-23)29-19-10-6-4-7-11-19/h14-16,19-20H,3-13,17H2,1-2H3. The van der Waals surface area contributed by atoms with Gasteiger partial charge < -0.3 is 14.2 Å². The molecule has 0 radical (unpaired) electrons. The first-order valence-corrected chi connectivity index (χ1v) is 14.6. The molecule has 7 nitrogen and oxygen atoms in total. The van der Waals surface area contributed by atoms with E-state index in [2.05, 4.69) is 20.7 Å². The van der Waals surface area contributed by atoms with Crippen LogP contribution in [-0.4, -0.2) is 54.4 Å². The number of methoxy groups -OCH3 is 1. The first-order chi connectivity index (χ1) is 17.5. The van der Waals surface area contributed by atoms with Crippen LogP contribution in [0.5, 0.6) is 11.5 Å². The van der Waals surface area contributed by atoms with Gasteiger partial charge in [-0.05, 0) is 84.1 Å². The van der Waals surface area contributed by atoms with Gasteiger partial charge in [0, 0.05) is 6.04 Å². The third-order valence-corrected chi connectivity index (χ3v) is 8.42. The van der Waals surface area contributed by atoms with E-state index in [1.165, 1.54) is 44.6 Å². The van der Waals surface area contributed by atoms with Gasteiger partial charge in [0.05, 0.1) is 29.1 Å². The highest BCUT2D eigenvalue weighted by Gasteiger charge is 2.39. The van der Waals surface area contributed by atoms with E-state index in [0.29, 0.717) is 33.5 Å². The second-order valence-electron chi connectivity index (χ2n) is 9.41. The van der Waals surface area contributed by atoms with E-state index < -0.39 is 5.97 Å². The normalized spacial score (nSPS) is 21.9. The summed E-state index contributed by atoms with van der Waals surface area (Å²) in [5.74, 6) is 0.495. The Kier molecular flexibility index (Phi) is 9.76. The summed E-state index contributed by atoms with van der Waals surface area (Å²) in [6, 6.07) is 4.25. The lowest BCUT2D eigenvalue weighted by Gasteiger charge is -2.31. The highest BCUT2D eigenvalue weighted by Crippen LogP contribution is 2.41. The fourth-order valence-corrected chi connectivity index (χ4v) is 6.70. The molecule has 196 valence electrons. The van der Waals surface area contributed by atoms with E-state index in [-0.39, 0.29) is 18.6 Å². The maximum absolute atomic E-state index is 13.7. The molecule has 2 aliphatic carbocycles. The maximum atomic E-state index is 13.7. The number of halogens is 1. The number of aliphatic imine (C=N–C) groups is 1. The smallest absolute Gasteiger partial charge is 0.343 e. The van der Waals surface area contributed by atoms with Crippen LogP contribution in [0.2, 0.25) is 0 Å². The number of benzene rings is 1. The molecule has 0 atom stereocenters. The molecule has 1 amide bonds. The van der Waals surface area contributed by atoms with E-state index in [1.54, 1.807) is 0 Å². The molecule has 0 N–H and O–H groups in total. The largest absolute Gasteiger partial charge is 0.490 e. The Labute approximate surface area is 226 Å². The van der Waals surface area contributed by atoms with E-state index in [0.717, 1.165) is 49.3 Å². The van der Waals surface area contributed by atoms with Gasteiger partial charge in [0.25, 0.3) is 5.91 Å². The molecular formula is C27H35BrN2O5S. The summed E-state index contributed by atoms with van der Waals surface area (Å²) in [6.07, 6.45) is 13.5. The minimum absolute atomic E-state index is 0.0431. The molecule has 0 bridgehead atoms. The summed E-state index contributed by atoms with van der Waals surface area (Å²) >= 11 is 5.04. The molecule has 1 saturated heterocycles. The number of hydrogen-bond acceptors (Lipinski definition) is 7. The van der Waals surface area contributed by atoms with E-state index in [9.17, 15) is 9.59 Å². The molecule has 1 aliphatic heterocycles. The zero-order valence-corrected chi connectivity index (χ0v) is 23.5. The number of thioether (sulfide) groups is 1. The molecule has 3 aliphatic rings. The molecule has 2 saturated carbocycles. The molecule has 0 unspecified atom stereocenters. The molecule has 4 rings (SSSR count). The van der Waals surface area contributed by atoms with Crippen LogP contribution in [0.4, 0.5) is 0 Å². The summed E-state index contributed by atoms with van der Waals surface area (Å²) in [5.41, 5.74) is 0.814. The second-order valence-corrected chi connectivity index (χ2v) is 11.3. The molecule has 36 heavy (non-hydrogen) atoms. The molecule has 0 aromatic heterocycles. The molecule has 0 spiro atoms. The number of ether oxygens (including phenoxy) is 3. The van der Waals surface area contributed by atoms with Crippen molar-refractivity contribution in [2.45, 2.75) is 83.2 Å². The van der Waals surface area contributed by atoms with Crippen molar-refractivity contribution in [2.75, 3.05) is 20.3 Å². The molecule has 1 aromatic carbocycles. The van der Waals surface area contributed by atoms with Crippen LogP contribution in [0.25, 0.3) is 6.08 Å². The van der Waals surface area contributed by atoms with Crippen molar-refractivity contribution in [3.05, 3.63) is 27.1 Å². The van der Waals surface area contributed by atoms with Crippen LogP contribution < -0.4 is 9.47 Å². The van der Waals surface area contributed by atoms with Crippen molar-refractivity contribution in [2.24, 2.45) is 4.99 Å². The Bertz CT molecular complexity index is 1020. The lowest BCUT2D eigenvalue weighted by Crippen LogP contribution is -2.41. The summed E-state index contributed by atoms with van der Waals surface area (Å²) in [5, 5.41) is 0.868. The number of rotatable bonds is 8. The monoisotopic (exact) mass is 578 g/mol. The Hall–Kier alpha value is -2.00. The zero-order valence-electron chi connectivity index (χ0n) is 21.1. The third kappa shape index (κ3) is 6.65. The van der Waals surface area contributed by atoms with Crippen LogP contribution in [0, 0.1) is 0 Å². The Balaban J connectivity index is 1.63. The number of amidine groups is 1. The number of amides is 1. The van der Waals surface area contributed by atoms with Gasteiger partial charge in [0.1, 0.15) is 0 Å². The van der Waals surface area contributed by atoms with Crippen LogP contribution >= 0.6 is 27.7 Å². The van der Waals surface area contributed by atoms with Crippen molar-refractivity contribution in [3.63, 3.8) is 0 Å². The average molecular weight is 580 g/mol. The average Bonchev–Trinajstić information content (AvgIpc) is 3.18. The lowest BCUT2D eigenvalue weighted by atomic mass is 9.94. The molecule has 1 aromatic rings. The van der Waals surface area contributed by atoms with Crippen LogP contribution in [0.3, 0.4) is 0 Å². The van der Waals surface area contributed by atoms with E-state index in [4.69, 9.17) is 14.5 Å². The van der Waals surface area contributed by atoms with Crippen molar-refractivity contribution in [1.82, 2.24) is 4.90 Å². The third-order valence-electron chi connectivity index (χ3n) is 6.84. The first-order valence-electron chi connectivity index (χ1n) is 13.0. The van der Waals surface area contributed by atoms with E-state index >= 15 is 0 Å². The molecule has 3 fully saturated rings. The fourth-order valence-electron chi connectivity index (χ4n) is 5.02. The van der Waals surface area contributed by atoms with Gasteiger partial charge in [-0.3, -0.25) is 14.7 Å². The van der Waals surface area contributed by atoms with Crippen LogP contribution in [-0.2, 0) is 14.3 Å². The van der Waals surface area contributed by atoms with Gasteiger partial charge in [-0.15, -0.1) is 0 Å². The van der Waals surface area contributed by atoms with Gasteiger partial charge in [-0.25, -0.2) is 4.79 Å². The zero-order chi connectivity index (χ0) is 25.5. The second kappa shape index (κ2) is 13.0. The highest BCUT2D eigenvalue weighted by molar-refractivity contribution is 9.10. The summed E-state index contributed by atoms with van der Waals surface area (Å²) < 4.78 is 16.8. The number of carbonyl (C=O) groups is 2. The Morgan fingerprint density at radius 2 is 1.81 bits per heavy atom. The van der Waals surface area contributed by atoms with Crippen molar-refractivity contribution in [3.8, 4) is 11.5 Å². The molecular weight excluding hydrogens is 544 g/mol. The summed E-state index contributed by atoms with van der Waals surface area (Å²) in [7, 11) is 1.32. The van der Waals surface area contributed by atoms with Crippen molar-refractivity contribution in [1.29, 1.82) is 0 Å². The minimum Gasteiger partial charge on any atom is -0.490 e.